The van der Waals surface area contributed by atoms with E-state index in [4.69, 9.17) is 4.74 Å². The average Bonchev–Trinajstić information content (AvgIpc) is 2.31. The summed E-state index contributed by atoms with van der Waals surface area (Å²) in [5.74, 6) is -0.793. The van der Waals surface area contributed by atoms with Crippen LogP contribution in [-0.2, 0) is 6.18 Å². The number of hydrogen-bond acceptors (Lipinski definition) is 2. The monoisotopic (exact) mass is 259 g/mol. The van der Waals surface area contributed by atoms with Crippen LogP contribution in [0.5, 0.6) is 5.75 Å². The van der Waals surface area contributed by atoms with E-state index in [0.717, 1.165) is 0 Å². The molecule has 18 heavy (non-hydrogen) atoms. The van der Waals surface area contributed by atoms with Crippen molar-refractivity contribution in [1.29, 1.82) is 0 Å². The molecule has 0 spiro atoms. The van der Waals surface area contributed by atoms with E-state index < -0.39 is 17.7 Å². The van der Waals surface area contributed by atoms with E-state index in [1.165, 1.54) is 26.2 Å². The number of rotatable bonds is 1. The van der Waals surface area contributed by atoms with Crippen molar-refractivity contribution in [2.45, 2.75) is 13.1 Å². The van der Waals surface area contributed by atoms with Gasteiger partial charge >= 0.3 is 6.18 Å². The molecule has 0 radical (unpaired) electrons. The highest BCUT2D eigenvalue weighted by molar-refractivity contribution is 5.86. The number of aromatic nitrogens is 1. The summed E-state index contributed by atoms with van der Waals surface area (Å²) in [6, 6.07) is 3.42. The molecule has 1 aromatic carbocycles. The molecule has 0 unspecified atom stereocenters. The smallest absolute Gasteiger partial charge is 0.433 e. The Morgan fingerprint density at radius 1 is 1.22 bits per heavy atom. The van der Waals surface area contributed by atoms with Crippen LogP contribution in [0.1, 0.15) is 11.3 Å². The van der Waals surface area contributed by atoms with E-state index in [9.17, 15) is 17.6 Å². The van der Waals surface area contributed by atoms with Gasteiger partial charge in [-0.15, -0.1) is 0 Å². The van der Waals surface area contributed by atoms with E-state index in [2.05, 4.69) is 4.98 Å². The lowest BCUT2D eigenvalue weighted by atomic mass is 10.1. The molecular weight excluding hydrogens is 250 g/mol. The Bertz CT molecular complexity index is 607. The van der Waals surface area contributed by atoms with Gasteiger partial charge in [0.2, 0.25) is 0 Å². The molecule has 6 heteroatoms. The van der Waals surface area contributed by atoms with Crippen LogP contribution < -0.4 is 4.74 Å². The maximum Gasteiger partial charge on any atom is 0.433 e. The SMILES string of the molecule is COc1cc(C(F)(F)F)nc2ccc(C)c(F)c12. The van der Waals surface area contributed by atoms with Crippen LogP contribution in [0.25, 0.3) is 10.9 Å². The zero-order chi connectivity index (χ0) is 13.5. The Kier molecular flexibility index (Phi) is 2.88. The Balaban J connectivity index is 2.84. The number of fused-ring (bicyclic) bond motifs is 1. The normalized spacial score (nSPS) is 11.9. The maximum atomic E-state index is 13.9. The highest BCUT2D eigenvalue weighted by atomic mass is 19.4. The van der Waals surface area contributed by atoms with Gasteiger partial charge in [0.25, 0.3) is 0 Å². The number of halogens is 4. The van der Waals surface area contributed by atoms with Crippen molar-refractivity contribution in [3.05, 3.63) is 35.3 Å². The van der Waals surface area contributed by atoms with Crippen LogP contribution in [0.2, 0.25) is 0 Å². The largest absolute Gasteiger partial charge is 0.496 e. The summed E-state index contributed by atoms with van der Waals surface area (Å²) in [6.07, 6.45) is -4.59. The Labute approximate surface area is 100 Å². The third-order valence-corrected chi connectivity index (χ3v) is 2.58. The number of methoxy groups -OCH3 is 1. The molecule has 0 fully saturated rings. The highest BCUT2D eigenvalue weighted by Crippen LogP contribution is 2.35. The van der Waals surface area contributed by atoms with Crippen molar-refractivity contribution >= 4 is 10.9 Å². The van der Waals surface area contributed by atoms with Crippen LogP contribution in [0.3, 0.4) is 0 Å². The number of benzene rings is 1. The van der Waals surface area contributed by atoms with Gasteiger partial charge in [-0.2, -0.15) is 13.2 Å². The van der Waals surface area contributed by atoms with Gasteiger partial charge in [-0.05, 0) is 18.6 Å². The quantitative estimate of drug-likeness (QED) is 0.728. The van der Waals surface area contributed by atoms with Crippen LogP contribution in [0.4, 0.5) is 17.6 Å². The predicted molar refractivity (Wildman–Crippen MR) is 58.0 cm³/mol. The molecule has 0 aliphatic heterocycles. The van der Waals surface area contributed by atoms with Crippen LogP contribution in [0.15, 0.2) is 18.2 Å². The third-order valence-electron chi connectivity index (χ3n) is 2.58. The van der Waals surface area contributed by atoms with Gasteiger partial charge in [0.15, 0.2) is 0 Å². The van der Waals surface area contributed by atoms with E-state index in [0.29, 0.717) is 11.6 Å². The number of ether oxygens (including phenoxy) is 1. The summed E-state index contributed by atoms with van der Waals surface area (Å²) in [6.45, 7) is 1.52. The van der Waals surface area contributed by atoms with Crippen molar-refractivity contribution in [3.63, 3.8) is 0 Å². The number of pyridine rings is 1. The van der Waals surface area contributed by atoms with E-state index in [1.54, 1.807) is 0 Å². The topological polar surface area (TPSA) is 22.1 Å². The van der Waals surface area contributed by atoms with E-state index in [1.807, 2.05) is 0 Å². The fourth-order valence-corrected chi connectivity index (χ4v) is 1.66. The molecule has 2 rings (SSSR count). The zero-order valence-corrected chi connectivity index (χ0v) is 9.60. The molecule has 0 aliphatic carbocycles. The predicted octanol–water partition coefficient (Wildman–Crippen LogP) is 3.71. The summed E-state index contributed by atoms with van der Waals surface area (Å²) in [4.78, 5) is 3.41. The Hall–Kier alpha value is -1.85. The molecule has 0 bridgehead atoms. The minimum atomic E-state index is -4.59. The van der Waals surface area contributed by atoms with Crippen molar-refractivity contribution in [2.24, 2.45) is 0 Å². The number of aryl methyl sites for hydroxylation is 1. The van der Waals surface area contributed by atoms with Crippen LogP contribution in [0, 0.1) is 12.7 Å². The number of hydrogen-bond donors (Lipinski definition) is 0. The number of nitrogens with zero attached hydrogens (tertiary/aromatic N) is 1. The first-order chi connectivity index (χ1) is 8.34. The minimum absolute atomic E-state index is 0.0366. The van der Waals surface area contributed by atoms with Gasteiger partial charge in [-0.3, -0.25) is 0 Å². The fourth-order valence-electron chi connectivity index (χ4n) is 1.66. The van der Waals surface area contributed by atoms with Crippen LogP contribution >= 0.6 is 0 Å². The lowest BCUT2D eigenvalue weighted by molar-refractivity contribution is -0.141. The molecule has 0 N–H and O–H groups in total. The van der Waals surface area contributed by atoms with Gasteiger partial charge in [-0.1, -0.05) is 6.07 Å². The second-order valence-corrected chi connectivity index (χ2v) is 3.80. The van der Waals surface area contributed by atoms with Crippen molar-refractivity contribution in [2.75, 3.05) is 7.11 Å². The Morgan fingerprint density at radius 2 is 1.89 bits per heavy atom. The molecule has 0 amide bonds. The van der Waals surface area contributed by atoms with E-state index >= 15 is 0 Å². The van der Waals surface area contributed by atoms with Gasteiger partial charge in [0.05, 0.1) is 18.0 Å². The van der Waals surface area contributed by atoms with Crippen molar-refractivity contribution in [3.8, 4) is 5.75 Å². The van der Waals surface area contributed by atoms with Crippen molar-refractivity contribution in [1.82, 2.24) is 4.98 Å². The molecule has 1 heterocycles. The first kappa shape index (κ1) is 12.6. The zero-order valence-electron chi connectivity index (χ0n) is 9.60. The number of alkyl halides is 3. The first-order valence-electron chi connectivity index (χ1n) is 5.05. The molecule has 0 saturated carbocycles. The Morgan fingerprint density at radius 3 is 2.44 bits per heavy atom. The maximum absolute atomic E-state index is 13.9. The van der Waals surface area contributed by atoms with Gasteiger partial charge in [0.1, 0.15) is 17.3 Å². The second kappa shape index (κ2) is 4.12. The molecule has 2 nitrogen and oxygen atoms in total. The van der Waals surface area contributed by atoms with Crippen LogP contribution in [-0.4, -0.2) is 12.1 Å². The summed E-state index contributed by atoms with van der Waals surface area (Å²) < 4.78 is 56.5. The van der Waals surface area contributed by atoms with Gasteiger partial charge < -0.3 is 4.74 Å². The standard InChI is InChI=1S/C12H9F4NO/c1-6-3-4-7-10(11(6)13)8(18-2)5-9(17-7)12(14,15)16/h3-5H,1-2H3. The minimum Gasteiger partial charge on any atom is -0.496 e. The summed E-state index contributed by atoms with van der Waals surface area (Å²) >= 11 is 0. The lowest BCUT2D eigenvalue weighted by Gasteiger charge is -2.12. The van der Waals surface area contributed by atoms with E-state index in [-0.39, 0.29) is 16.7 Å². The molecular formula is C12H9F4NO. The third kappa shape index (κ3) is 1.98. The van der Waals surface area contributed by atoms with Crippen molar-refractivity contribution < 1.29 is 22.3 Å². The van der Waals surface area contributed by atoms with Gasteiger partial charge in [-0.25, -0.2) is 9.37 Å². The fraction of sp³-hybridized carbons (Fsp3) is 0.250. The molecule has 0 aliphatic rings. The summed E-state index contributed by atoms with van der Waals surface area (Å²) in [5, 5.41) is -0.0366. The van der Waals surface area contributed by atoms with Gasteiger partial charge in [0, 0.05) is 6.07 Å². The lowest BCUT2D eigenvalue weighted by Crippen LogP contribution is -2.09. The highest BCUT2D eigenvalue weighted by Gasteiger charge is 2.34. The first-order valence-corrected chi connectivity index (χ1v) is 5.05. The molecule has 0 saturated heterocycles. The molecule has 1 aromatic heterocycles. The second-order valence-electron chi connectivity index (χ2n) is 3.80. The average molecular weight is 259 g/mol. The molecule has 2 aromatic rings. The summed E-state index contributed by atoms with van der Waals surface area (Å²) in [5.41, 5.74) is -0.859. The molecule has 0 atom stereocenters. The summed E-state index contributed by atoms with van der Waals surface area (Å²) in [7, 11) is 1.19. The molecule has 96 valence electrons.